The van der Waals surface area contributed by atoms with E-state index in [1.807, 2.05) is 0 Å². The van der Waals surface area contributed by atoms with Crippen LogP contribution in [0.1, 0.15) is 38.5 Å². The Kier molecular flexibility index (Phi) is 6.08. The average Bonchev–Trinajstić information content (AvgIpc) is 2.35. The van der Waals surface area contributed by atoms with Gasteiger partial charge in [-0.05, 0) is 38.0 Å². The van der Waals surface area contributed by atoms with Gasteiger partial charge < -0.3 is 10.8 Å². The Morgan fingerprint density at radius 2 is 2.15 bits per heavy atom. The van der Waals surface area contributed by atoms with Crippen LogP contribution < -0.4 is 5.73 Å². The van der Waals surface area contributed by atoms with Crippen LogP contribution in [0.25, 0.3) is 0 Å². The maximum absolute atomic E-state index is 10.2. The number of carboxylic acid groups (broad SMARTS) is 1. The van der Waals surface area contributed by atoms with Crippen molar-refractivity contribution in [3.63, 3.8) is 0 Å². The minimum absolute atomic E-state index is 0. The van der Waals surface area contributed by atoms with Crippen LogP contribution in [0.3, 0.4) is 0 Å². The minimum Gasteiger partial charge on any atom is -0.481 e. The summed E-state index contributed by atoms with van der Waals surface area (Å²) >= 11 is 0. The Hall–Kier alpha value is -0.280. The number of aliphatic carboxylic acids is 1. The smallest absolute Gasteiger partial charge is 0.303 e. The van der Waals surface area contributed by atoms with Crippen molar-refractivity contribution in [1.82, 2.24) is 0 Å². The Morgan fingerprint density at radius 1 is 1.46 bits per heavy atom. The van der Waals surface area contributed by atoms with Crippen molar-refractivity contribution in [3.05, 3.63) is 0 Å². The monoisotopic (exact) mass is 207 g/mol. The Labute approximate surface area is 85.1 Å². The van der Waals surface area contributed by atoms with Crippen LogP contribution in [0.5, 0.6) is 0 Å². The molecule has 0 heterocycles. The molecule has 0 bridgehead atoms. The predicted octanol–water partition coefficient (Wildman–Crippen LogP) is 1.79. The summed E-state index contributed by atoms with van der Waals surface area (Å²) in [7, 11) is 0. The van der Waals surface area contributed by atoms with Gasteiger partial charge in [0.15, 0.2) is 0 Å². The van der Waals surface area contributed by atoms with Gasteiger partial charge in [-0.1, -0.05) is 0 Å². The van der Waals surface area contributed by atoms with Crippen molar-refractivity contribution in [2.75, 3.05) is 0 Å². The van der Waals surface area contributed by atoms with E-state index in [0.717, 1.165) is 25.7 Å². The van der Waals surface area contributed by atoms with E-state index in [4.69, 9.17) is 10.8 Å². The minimum atomic E-state index is -0.683. The average molecular weight is 208 g/mol. The van der Waals surface area contributed by atoms with Crippen LogP contribution in [-0.2, 0) is 4.79 Å². The van der Waals surface area contributed by atoms with Crippen molar-refractivity contribution >= 4 is 18.4 Å². The molecule has 0 aromatic heterocycles. The normalized spacial score (nSPS) is 26.8. The molecule has 1 saturated carbocycles. The zero-order chi connectivity index (χ0) is 8.97. The number of hydrogen-bond acceptors (Lipinski definition) is 2. The SMILES string of the molecule is Cl.NC1CCC(CCCC(=O)O)C1. The molecule has 1 aliphatic rings. The summed E-state index contributed by atoms with van der Waals surface area (Å²) in [4.78, 5) is 10.2. The third-order valence-electron chi connectivity index (χ3n) is 2.58. The number of nitrogens with two attached hydrogens (primary N) is 1. The van der Waals surface area contributed by atoms with E-state index in [1.54, 1.807) is 0 Å². The standard InChI is InChI=1S/C9H17NO2.ClH/c10-8-5-4-7(6-8)2-1-3-9(11)12;/h7-8H,1-6,10H2,(H,11,12);1H. The molecule has 1 aliphatic carbocycles. The summed E-state index contributed by atoms with van der Waals surface area (Å²) in [5.74, 6) is 0.0108. The second-order valence-electron chi connectivity index (χ2n) is 3.73. The highest BCUT2D eigenvalue weighted by molar-refractivity contribution is 5.85. The van der Waals surface area contributed by atoms with Crippen molar-refractivity contribution < 1.29 is 9.90 Å². The van der Waals surface area contributed by atoms with E-state index in [1.165, 1.54) is 6.42 Å². The molecule has 0 radical (unpaired) electrons. The van der Waals surface area contributed by atoms with Crippen LogP contribution in [-0.4, -0.2) is 17.1 Å². The summed E-state index contributed by atoms with van der Waals surface area (Å²) in [5, 5.41) is 8.41. The van der Waals surface area contributed by atoms with E-state index in [2.05, 4.69) is 0 Å². The van der Waals surface area contributed by atoms with E-state index in [-0.39, 0.29) is 12.4 Å². The van der Waals surface area contributed by atoms with Crippen LogP contribution in [0.2, 0.25) is 0 Å². The first-order valence-corrected chi connectivity index (χ1v) is 4.66. The van der Waals surface area contributed by atoms with Gasteiger partial charge in [0, 0.05) is 12.5 Å². The fourth-order valence-corrected chi connectivity index (χ4v) is 1.92. The topological polar surface area (TPSA) is 63.3 Å². The fraction of sp³-hybridized carbons (Fsp3) is 0.889. The summed E-state index contributed by atoms with van der Waals surface area (Å²) in [5.41, 5.74) is 5.74. The Bertz CT molecular complexity index is 164. The maximum Gasteiger partial charge on any atom is 0.303 e. The van der Waals surface area contributed by atoms with Crippen LogP contribution in [0.4, 0.5) is 0 Å². The highest BCUT2D eigenvalue weighted by atomic mass is 35.5. The quantitative estimate of drug-likeness (QED) is 0.739. The molecular formula is C9H18ClNO2. The van der Waals surface area contributed by atoms with E-state index in [9.17, 15) is 4.79 Å². The highest BCUT2D eigenvalue weighted by Crippen LogP contribution is 2.28. The van der Waals surface area contributed by atoms with Crippen LogP contribution in [0.15, 0.2) is 0 Å². The molecule has 78 valence electrons. The van der Waals surface area contributed by atoms with E-state index in [0.29, 0.717) is 18.4 Å². The lowest BCUT2D eigenvalue weighted by Crippen LogP contribution is -2.14. The van der Waals surface area contributed by atoms with Crippen molar-refractivity contribution in [1.29, 1.82) is 0 Å². The second-order valence-corrected chi connectivity index (χ2v) is 3.73. The summed E-state index contributed by atoms with van der Waals surface area (Å²) in [6, 6.07) is 0.375. The second kappa shape index (κ2) is 6.22. The lowest BCUT2D eigenvalue weighted by molar-refractivity contribution is -0.137. The number of hydrogen-bond donors (Lipinski definition) is 2. The molecule has 0 aromatic carbocycles. The Morgan fingerprint density at radius 3 is 2.62 bits per heavy atom. The predicted molar refractivity (Wildman–Crippen MR) is 54.1 cm³/mol. The first kappa shape index (κ1) is 12.7. The molecule has 0 spiro atoms. The molecule has 1 fully saturated rings. The van der Waals surface area contributed by atoms with Gasteiger partial charge in [0.2, 0.25) is 0 Å². The largest absolute Gasteiger partial charge is 0.481 e. The summed E-state index contributed by atoms with van der Waals surface area (Å²) in [6.07, 6.45) is 5.58. The van der Waals surface area contributed by atoms with Crippen LogP contribution >= 0.6 is 12.4 Å². The van der Waals surface area contributed by atoms with Crippen LogP contribution in [0, 0.1) is 5.92 Å². The first-order valence-electron chi connectivity index (χ1n) is 4.66. The number of carboxylic acids is 1. The van der Waals surface area contributed by atoms with Crippen molar-refractivity contribution in [3.8, 4) is 0 Å². The van der Waals surface area contributed by atoms with Gasteiger partial charge in [-0.2, -0.15) is 0 Å². The lowest BCUT2D eigenvalue weighted by Gasteiger charge is -2.06. The Balaban J connectivity index is 0.00000144. The molecule has 3 N–H and O–H groups in total. The van der Waals surface area contributed by atoms with E-state index >= 15 is 0 Å². The zero-order valence-electron chi connectivity index (χ0n) is 7.74. The molecule has 13 heavy (non-hydrogen) atoms. The number of halogens is 1. The number of rotatable bonds is 4. The van der Waals surface area contributed by atoms with Crippen molar-refractivity contribution in [2.24, 2.45) is 11.7 Å². The van der Waals surface area contributed by atoms with Gasteiger partial charge in [-0.25, -0.2) is 0 Å². The van der Waals surface area contributed by atoms with Gasteiger partial charge in [-0.15, -0.1) is 12.4 Å². The molecule has 0 amide bonds. The first-order chi connectivity index (χ1) is 5.68. The summed E-state index contributed by atoms with van der Waals surface area (Å²) < 4.78 is 0. The molecule has 0 aromatic rings. The van der Waals surface area contributed by atoms with E-state index < -0.39 is 5.97 Å². The molecular weight excluding hydrogens is 190 g/mol. The lowest BCUT2D eigenvalue weighted by atomic mass is 10.0. The number of carbonyl (C=O) groups is 1. The highest BCUT2D eigenvalue weighted by Gasteiger charge is 2.21. The van der Waals surface area contributed by atoms with Crippen molar-refractivity contribution in [2.45, 2.75) is 44.6 Å². The molecule has 0 saturated heterocycles. The molecule has 1 rings (SSSR count). The maximum atomic E-state index is 10.2. The molecule has 4 heteroatoms. The fourth-order valence-electron chi connectivity index (χ4n) is 1.92. The van der Waals surface area contributed by atoms with Gasteiger partial charge in [0.05, 0.1) is 0 Å². The summed E-state index contributed by atoms with van der Waals surface area (Å²) in [6.45, 7) is 0. The van der Waals surface area contributed by atoms with Gasteiger partial charge in [-0.3, -0.25) is 4.79 Å². The van der Waals surface area contributed by atoms with Gasteiger partial charge in [0.25, 0.3) is 0 Å². The van der Waals surface area contributed by atoms with Gasteiger partial charge in [0.1, 0.15) is 0 Å². The third-order valence-corrected chi connectivity index (χ3v) is 2.58. The molecule has 2 atom stereocenters. The third kappa shape index (κ3) is 5.11. The molecule has 0 aliphatic heterocycles. The van der Waals surface area contributed by atoms with Gasteiger partial charge >= 0.3 is 5.97 Å². The molecule has 2 unspecified atom stereocenters. The zero-order valence-corrected chi connectivity index (χ0v) is 8.55. The molecule has 3 nitrogen and oxygen atoms in total.